The van der Waals surface area contributed by atoms with Crippen molar-refractivity contribution in [1.29, 1.82) is 0 Å². The first-order chi connectivity index (χ1) is 17.4. The molecule has 1 aliphatic rings. The van der Waals surface area contributed by atoms with E-state index in [1.54, 1.807) is 13.3 Å². The van der Waals surface area contributed by atoms with Crippen molar-refractivity contribution in [2.45, 2.75) is 44.6 Å². The second-order valence-corrected chi connectivity index (χ2v) is 10.2. The molecule has 1 aliphatic heterocycles. The van der Waals surface area contributed by atoms with Crippen LogP contribution in [0.25, 0.3) is 10.9 Å². The third-order valence-electron chi connectivity index (χ3n) is 7.56. The van der Waals surface area contributed by atoms with Crippen molar-refractivity contribution >= 4 is 22.5 Å². The first-order valence-corrected chi connectivity index (χ1v) is 12.8. The highest BCUT2D eigenvalue weighted by Crippen LogP contribution is 2.40. The van der Waals surface area contributed by atoms with Gasteiger partial charge in [-0.15, -0.1) is 0 Å². The topological polar surface area (TPSA) is 65.8 Å². The van der Waals surface area contributed by atoms with Gasteiger partial charge in [-0.3, -0.25) is 4.98 Å². The Labute approximate surface area is 215 Å². The number of benzene rings is 2. The van der Waals surface area contributed by atoms with Crippen molar-refractivity contribution in [3.63, 3.8) is 0 Å². The van der Waals surface area contributed by atoms with Crippen LogP contribution >= 0.6 is 11.6 Å². The summed E-state index contributed by atoms with van der Waals surface area (Å²) in [4.78, 5) is 6.64. The molecule has 1 aromatic heterocycles. The summed E-state index contributed by atoms with van der Waals surface area (Å²) in [5.74, 6) is -0.323. The Morgan fingerprint density at radius 2 is 1.89 bits per heavy atom. The largest absolute Gasteiger partial charge is 0.497 e. The van der Waals surface area contributed by atoms with Crippen LogP contribution in [0.1, 0.15) is 49.3 Å². The Hall–Kier alpha value is -2.32. The molecule has 5 nitrogen and oxygen atoms in total. The highest BCUT2D eigenvalue weighted by molar-refractivity contribution is 6.32. The standard InChI is InChI=1S/C28H33ClF2N2O3/c1-36-19-7-8-25-21(16-19)27(22(29)17-32-25)26(35)9-10-28(18-34)11-14-33(15-12-28)13-3-4-20-23(30)5-2-6-24(20)31/h2,5-8,16-17,26,34-35H,3-4,9-15,18H2,1H3. The van der Waals surface area contributed by atoms with Gasteiger partial charge in [0.1, 0.15) is 17.4 Å². The van der Waals surface area contributed by atoms with Gasteiger partial charge in [0.25, 0.3) is 0 Å². The number of halogens is 3. The van der Waals surface area contributed by atoms with Gasteiger partial charge in [0.2, 0.25) is 0 Å². The lowest BCUT2D eigenvalue weighted by Crippen LogP contribution is -2.42. The summed E-state index contributed by atoms with van der Waals surface area (Å²) >= 11 is 6.45. The number of nitrogens with zero attached hydrogens (tertiary/aromatic N) is 2. The first-order valence-electron chi connectivity index (χ1n) is 12.4. The number of aromatic nitrogens is 1. The van der Waals surface area contributed by atoms with E-state index in [2.05, 4.69) is 9.88 Å². The Balaban J connectivity index is 1.34. The minimum Gasteiger partial charge on any atom is -0.497 e. The van der Waals surface area contributed by atoms with E-state index < -0.39 is 17.7 Å². The summed E-state index contributed by atoms with van der Waals surface area (Å²) in [6, 6.07) is 9.46. The molecule has 36 heavy (non-hydrogen) atoms. The molecular formula is C28H33ClF2N2O3. The van der Waals surface area contributed by atoms with Gasteiger partial charge < -0.3 is 19.8 Å². The number of methoxy groups -OCH3 is 1. The zero-order valence-corrected chi connectivity index (χ0v) is 21.3. The summed E-state index contributed by atoms with van der Waals surface area (Å²) in [6.45, 7) is 2.39. The summed E-state index contributed by atoms with van der Waals surface area (Å²) in [5, 5.41) is 22.5. The van der Waals surface area contributed by atoms with Crippen molar-refractivity contribution < 1.29 is 23.7 Å². The molecule has 0 amide bonds. The molecule has 194 valence electrons. The lowest BCUT2D eigenvalue weighted by Gasteiger charge is -2.41. The maximum absolute atomic E-state index is 13.9. The quantitative estimate of drug-likeness (QED) is 0.360. The van der Waals surface area contributed by atoms with E-state index in [1.165, 1.54) is 18.2 Å². The third-order valence-corrected chi connectivity index (χ3v) is 7.87. The number of aliphatic hydroxyl groups excluding tert-OH is 2. The van der Waals surface area contributed by atoms with Gasteiger partial charge in [-0.05, 0) is 93.9 Å². The molecule has 0 saturated carbocycles. The predicted molar refractivity (Wildman–Crippen MR) is 137 cm³/mol. The lowest BCUT2D eigenvalue weighted by atomic mass is 9.74. The van der Waals surface area contributed by atoms with E-state index in [0.717, 1.165) is 43.4 Å². The van der Waals surface area contributed by atoms with E-state index in [4.69, 9.17) is 16.3 Å². The number of rotatable bonds is 10. The van der Waals surface area contributed by atoms with Crippen LogP contribution in [0.2, 0.25) is 5.02 Å². The van der Waals surface area contributed by atoms with Crippen LogP contribution in [0.4, 0.5) is 8.78 Å². The normalized spacial score (nSPS) is 16.8. The molecule has 2 heterocycles. The van der Waals surface area contributed by atoms with Gasteiger partial charge in [0.15, 0.2) is 0 Å². The Kier molecular flexibility index (Phi) is 8.78. The molecule has 0 bridgehead atoms. The minimum atomic E-state index is -0.799. The van der Waals surface area contributed by atoms with Crippen LogP contribution in [-0.2, 0) is 6.42 Å². The lowest BCUT2D eigenvalue weighted by molar-refractivity contribution is 0.0234. The van der Waals surface area contributed by atoms with Gasteiger partial charge >= 0.3 is 0 Å². The van der Waals surface area contributed by atoms with Crippen molar-refractivity contribution in [3.8, 4) is 5.75 Å². The zero-order chi connectivity index (χ0) is 25.7. The highest BCUT2D eigenvalue weighted by Gasteiger charge is 2.34. The average molecular weight is 519 g/mol. The number of aliphatic hydroxyl groups is 2. The maximum Gasteiger partial charge on any atom is 0.129 e. The van der Waals surface area contributed by atoms with Crippen molar-refractivity contribution in [1.82, 2.24) is 9.88 Å². The number of piperidine rings is 1. The Bertz CT molecular complexity index is 1160. The molecule has 8 heteroatoms. The predicted octanol–water partition coefficient (Wildman–Crippen LogP) is 5.70. The smallest absolute Gasteiger partial charge is 0.129 e. The number of ether oxygens (including phenoxy) is 1. The van der Waals surface area contributed by atoms with Gasteiger partial charge in [0.05, 0.1) is 23.8 Å². The number of hydrogen-bond acceptors (Lipinski definition) is 5. The summed E-state index contributed by atoms with van der Waals surface area (Å²) in [5.41, 5.74) is 1.23. The van der Waals surface area contributed by atoms with Crippen molar-refractivity contribution in [2.24, 2.45) is 5.41 Å². The molecule has 3 aromatic rings. The molecule has 2 aromatic carbocycles. The molecule has 1 fully saturated rings. The number of pyridine rings is 1. The summed E-state index contributed by atoms with van der Waals surface area (Å²) in [7, 11) is 1.59. The van der Waals surface area contributed by atoms with Gasteiger partial charge in [-0.25, -0.2) is 8.78 Å². The van der Waals surface area contributed by atoms with Gasteiger partial charge in [-0.2, -0.15) is 0 Å². The van der Waals surface area contributed by atoms with E-state index >= 15 is 0 Å². The van der Waals surface area contributed by atoms with Crippen LogP contribution in [0.3, 0.4) is 0 Å². The first kappa shape index (κ1) is 26.7. The molecule has 1 atom stereocenters. The summed E-state index contributed by atoms with van der Waals surface area (Å²) < 4.78 is 33.1. The van der Waals surface area contributed by atoms with E-state index in [-0.39, 0.29) is 17.6 Å². The third kappa shape index (κ3) is 5.97. The number of fused-ring (bicyclic) bond motifs is 1. The van der Waals surface area contributed by atoms with Gasteiger partial charge in [-0.1, -0.05) is 17.7 Å². The molecule has 4 rings (SSSR count). The number of hydrogen-bond donors (Lipinski definition) is 2. The Morgan fingerprint density at radius 1 is 1.17 bits per heavy atom. The second kappa shape index (κ2) is 11.8. The molecule has 2 N–H and O–H groups in total. The highest BCUT2D eigenvalue weighted by atomic mass is 35.5. The van der Waals surface area contributed by atoms with Gasteiger partial charge in [0, 0.05) is 29.3 Å². The summed E-state index contributed by atoms with van der Waals surface area (Å²) in [6.07, 6.45) is 4.49. The van der Waals surface area contributed by atoms with E-state index in [0.29, 0.717) is 42.0 Å². The second-order valence-electron chi connectivity index (χ2n) is 9.76. The fraction of sp³-hybridized carbons (Fsp3) is 0.464. The van der Waals surface area contributed by atoms with Crippen molar-refractivity contribution in [3.05, 3.63) is 70.4 Å². The minimum absolute atomic E-state index is 0.0483. The molecule has 1 saturated heterocycles. The molecule has 0 aliphatic carbocycles. The average Bonchev–Trinajstić information content (AvgIpc) is 2.89. The number of likely N-dealkylation sites (tertiary alicyclic amines) is 1. The zero-order valence-electron chi connectivity index (χ0n) is 20.5. The van der Waals surface area contributed by atoms with Crippen molar-refractivity contribution in [2.75, 3.05) is 33.4 Å². The van der Waals surface area contributed by atoms with Crippen LogP contribution in [0.15, 0.2) is 42.6 Å². The van der Waals surface area contributed by atoms with Crippen LogP contribution < -0.4 is 4.74 Å². The maximum atomic E-state index is 13.9. The molecule has 0 spiro atoms. The molecule has 1 unspecified atom stereocenters. The van der Waals surface area contributed by atoms with Crippen LogP contribution in [0, 0.1) is 17.0 Å². The monoisotopic (exact) mass is 518 g/mol. The van der Waals surface area contributed by atoms with Crippen LogP contribution in [-0.4, -0.2) is 53.4 Å². The fourth-order valence-corrected chi connectivity index (χ4v) is 5.49. The fourth-order valence-electron chi connectivity index (χ4n) is 5.21. The SMILES string of the molecule is COc1ccc2ncc(Cl)c(C(O)CCC3(CO)CCN(CCCc4c(F)cccc4F)CC3)c2c1. The Morgan fingerprint density at radius 3 is 2.56 bits per heavy atom. The van der Waals surface area contributed by atoms with E-state index in [9.17, 15) is 19.0 Å². The van der Waals surface area contributed by atoms with E-state index in [1.807, 2.05) is 18.2 Å². The molecular weight excluding hydrogens is 486 g/mol. The molecule has 0 radical (unpaired) electrons. The van der Waals surface area contributed by atoms with Crippen LogP contribution in [0.5, 0.6) is 5.75 Å².